The van der Waals surface area contributed by atoms with Gasteiger partial charge in [-0.15, -0.1) is 0 Å². The average Bonchev–Trinajstić information content (AvgIpc) is 2.79. The molecule has 0 spiro atoms. The van der Waals surface area contributed by atoms with Crippen molar-refractivity contribution in [3.63, 3.8) is 0 Å². The van der Waals surface area contributed by atoms with E-state index in [9.17, 15) is 5.11 Å². The summed E-state index contributed by atoms with van der Waals surface area (Å²) in [6.07, 6.45) is 5.12. The molecule has 2 aromatic heterocycles. The van der Waals surface area contributed by atoms with Gasteiger partial charge in [-0.3, -0.25) is 9.67 Å². The lowest BCUT2D eigenvalue weighted by molar-refractivity contribution is 0.203. The molecule has 0 aliphatic rings. The van der Waals surface area contributed by atoms with Gasteiger partial charge in [0.05, 0.1) is 13.3 Å². The van der Waals surface area contributed by atoms with E-state index in [-0.39, 0.29) is 0 Å². The third-order valence-corrected chi connectivity index (χ3v) is 3.05. The summed E-state index contributed by atoms with van der Waals surface area (Å²) in [5.74, 6) is 0.587. The van der Waals surface area contributed by atoms with Crippen LogP contribution in [0.15, 0.2) is 24.7 Å². The van der Waals surface area contributed by atoms with Crippen LogP contribution in [0.25, 0.3) is 0 Å². The lowest BCUT2D eigenvalue weighted by Gasteiger charge is -2.16. The van der Waals surface area contributed by atoms with Crippen molar-refractivity contribution in [1.82, 2.24) is 14.8 Å². The maximum Gasteiger partial charge on any atom is 0.162 e. The third kappa shape index (κ3) is 2.09. The molecule has 5 heteroatoms. The summed E-state index contributed by atoms with van der Waals surface area (Å²) in [6.45, 7) is 2.04. The minimum atomic E-state index is -0.759. The number of nitrogens with zero attached hydrogens (tertiary/aromatic N) is 3. The number of methoxy groups -OCH3 is 1. The van der Waals surface area contributed by atoms with E-state index in [0.29, 0.717) is 11.4 Å². The van der Waals surface area contributed by atoms with Gasteiger partial charge in [-0.25, -0.2) is 0 Å². The Morgan fingerprint density at radius 2 is 2.22 bits per heavy atom. The summed E-state index contributed by atoms with van der Waals surface area (Å²) in [6, 6.07) is 1.83. The van der Waals surface area contributed by atoms with Gasteiger partial charge in [-0.05, 0) is 23.6 Å². The number of hydrogen-bond donors (Lipinski definition) is 1. The molecule has 0 aliphatic carbocycles. The first-order chi connectivity index (χ1) is 8.69. The van der Waals surface area contributed by atoms with Crippen LogP contribution in [0.3, 0.4) is 0 Å². The largest absolute Gasteiger partial charge is 0.493 e. The monoisotopic (exact) mass is 247 g/mol. The van der Waals surface area contributed by atoms with Crippen molar-refractivity contribution in [2.45, 2.75) is 19.4 Å². The smallest absolute Gasteiger partial charge is 0.162 e. The Balaban J connectivity index is 2.47. The van der Waals surface area contributed by atoms with E-state index in [1.807, 2.05) is 13.0 Å². The molecule has 0 bridgehead atoms. The van der Waals surface area contributed by atoms with Crippen molar-refractivity contribution in [2.24, 2.45) is 7.05 Å². The first-order valence-electron chi connectivity index (χ1n) is 5.85. The second-order valence-corrected chi connectivity index (χ2v) is 4.05. The summed E-state index contributed by atoms with van der Waals surface area (Å²) in [5.41, 5.74) is 2.51. The predicted molar refractivity (Wildman–Crippen MR) is 67.4 cm³/mol. The van der Waals surface area contributed by atoms with Gasteiger partial charge in [-0.1, -0.05) is 6.92 Å². The van der Waals surface area contributed by atoms with E-state index in [4.69, 9.17) is 4.74 Å². The Morgan fingerprint density at radius 1 is 1.44 bits per heavy atom. The molecule has 0 amide bonds. The summed E-state index contributed by atoms with van der Waals surface area (Å²) in [4.78, 5) is 4.08. The van der Waals surface area contributed by atoms with Crippen LogP contribution in [0.1, 0.15) is 29.8 Å². The fourth-order valence-electron chi connectivity index (χ4n) is 2.04. The van der Waals surface area contributed by atoms with Gasteiger partial charge in [0.15, 0.2) is 5.75 Å². The van der Waals surface area contributed by atoms with Crippen molar-refractivity contribution in [2.75, 3.05) is 7.11 Å². The Hall–Kier alpha value is -1.88. The molecule has 1 atom stereocenters. The van der Waals surface area contributed by atoms with Crippen LogP contribution >= 0.6 is 0 Å². The molecule has 18 heavy (non-hydrogen) atoms. The van der Waals surface area contributed by atoms with Gasteiger partial charge in [-0.2, -0.15) is 5.10 Å². The van der Waals surface area contributed by atoms with Gasteiger partial charge in [0.1, 0.15) is 11.8 Å². The lowest BCUT2D eigenvalue weighted by Crippen LogP contribution is -2.10. The Labute approximate surface area is 106 Å². The summed E-state index contributed by atoms with van der Waals surface area (Å²) in [5, 5.41) is 14.6. The summed E-state index contributed by atoms with van der Waals surface area (Å²) < 4.78 is 6.85. The van der Waals surface area contributed by atoms with Crippen LogP contribution in [-0.2, 0) is 13.5 Å². The molecule has 1 N–H and O–H groups in total. The first-order valence-corrected chi connectivity index (χ1v) is 5.85. The molecule has 0 saturated heterocycles. The van der Waals surface area contributed by atoms with E-state index >= 15 is 0 Å². The molecule has 0 radical (unpaired) electrons. The zero-order chi connectivity index (χ0) is 13.1. The molecule has 1 unspecified atom stereocenters. The minimum absolute atomic E-state index is 0.587. The van der Waals surface area contributed by atoms with Crippen LogP contribution < -0.4 is 4.74 Å². The molecule has 96 valence electrons. The topological polar surface area (TPSA) is 60.2 Å². The number of aromatic nitrogens is 3. The number of ether oxygens (including phenoxy) is 1. The van der Waals surface area contributed by atoms with Gasteiger partial charge in [0.25, 0.3) is 0 Å². The van der Waals surface area contributed by atoms with Crippen LogP contribution in [-0.4, -0.2) is 27.0 Å². The van der Waals surface area contributed by atoms with E-state index < -0.39 is 6.10 Å². The zero-order valence-corrected chi connectivity index (χ0v) is 10.8. The van der Waals surface area contributed by atoms with Crippen molar-refractivity contribution >= 4 is 0 Å². The molecule has 0 aliphatic heterocycles. The number of pyridine rings is 1. The molecular weight excluding hydrogens is 230 g/mol. The number of rotatable bonds is 4. The van der Waals surface area contributed by atoms with Crippen LogP contribution in [0.4, 0.5) is 0 Å². The van der Waals surface area contributed by atoms with Crippen LogP contribution in [0.2, 0.25) is 0 Å². The second-order valence-electron chi connectivity index (χ2n) is 4.05. The Kier molecular flexibility index (Phi) is 3.62. The summed E-state index contributed by atoms with van der Waals surface area (Å²) in [7, 11) is 3.36. The fourth-order valence-corrected chi connectivity index (χ4v) is 2.04. The first kappa shape index (κ1) is 12.6. The van der Waals surface area contributed by atoms with Crippen LogP contribution in [0, 0.1) is 0 Å². The highest BCUT2D eigenvalue weighted by Crippen LogP contribution is 2.30. The number of aryl methyl sites for hydroxylation is 2. The SMILES string of the molecule is CCc1cnccc1C(O)c1c(OC)cnn1C. The fraction of sp³-hybridized carbons (Fsp3) is 0.385. The maximum absolute atomic E-state index is 10.5. The molecule has 5 nitrogen and oxygen atoms in total. The molecule has 0 saturated carbocycles. The third-order valence-electron chi connectivity index (χ3n) is 3.05. The van der Waals surface area contributed by atoms with Crippen molar-refractivity contribution in [1.29, 1.82) is 0 Å². The summed E-state index contributed by atoms with van der Waals surface area (Å²) >= 11 is 0. The van der Waals surface area contributed by atoms with Gasteiger partial charge in [0, 0.05) is 19.4 Å². The maximum atomic E-state index is 10.5. The van der Waals surface area contributed by atoms with Gasteiger partial charge >= 0.3 is 0 Å². The standard InChI is InChI=1S/C13H17N3O2/c1-4-9-7-14-6-5-10(9)13(17)12-11(18-3)8-15-16(12)2/h5-8,13,17H,4H2,1-3H3. The highest BCUT2D eigenvalue weighted by Gasteiger charge is 2.21. The predicted octanol–water partition coefficient (Wildman–Crippen LogP) is 1.47. The molecule has 0 aromatic carbocycles. The normalized spacial score (nSPS) is 12.4. The second kappa shape index (κ2) is 5.18. The molecule has 2 rings (SSSR count). The van der Waals surface area contributed by atoms with Gasteiger partial charge in [0.2, 0.25) is 0 Å². The minimum Gasteiger partial charge on any atom is -0.493 e. The van der Waals surface area contributed by atoms with Crippen LogP contribution in [0.5, 0.6) is 5.75 Å². The van der Waals surface area contributed by atoms with Crippen molar-refractivity contribution in [3.05, 3.63) is 41.5 Å². The van der Waals surface area contributed by atoms with Crippen molar-refractivity contribution in [3.8, 4) is 5.75 Å². The number of aliphatic hydroxyl groups is 1. The number of hydrogen-bond acceptors (Lipinski definition) is 4. The van der Waals surface area contributed by atoms with E-state index in [0.717, 1.165) is 17.5 Å². The molecule has 2 heterocycles. The number of aliphatic hydroxyl groups excluding tert-OH is 1. The van der Waals surface area contributed by atoms with Gasteiger partial charge < -0.3 is 9.84 Å². The van der Waals surface area contributed by atoms with E-state index in [1.165, 1.54) is 0 Å². The highest BCUT2D eigenvalue weighted by molar-refractivity contribution is 5.37. The molecular formula is C13H17N3O2. The average molecular weight is 247 g/mol. The Morgan fingerprint density at radius 3 is 2.89 bits per heavy atom. The molecule has 0 fully saturated rings. The Bertz CT molecular complexity index is 537. The van der Waals surface area contributed by atoms with Crippen molar-refractivity contribution < 1.29 is 9.84 Å². The van der Waals surface area contributed by atoms with E-state index in [1.54, 1.807) is 37.4 Å². The highest BCUT2D eigenvalue weighted by atomic mass is 16.5. The quantitative estimate of drug-likeness (QED) is 0.888. The van der Waals surface area contributed by atoms with E-state index in [2.05, 4.69) is 10.1 Å². The lowest BCUT2D eigenvalue weighted by atomic mass is 10.0. The molecule has 2 aromatic rings. The zero-order valence-electron chi connectivity index (χ0n) is 10.8.